The highest BCUT2D eigenvalue weighted by molar-refractivity contribution is 14.0. The highest BCUT2D eigenvalue weighted by Crippen LogP contribution is 2.19. The van der Waals surface area contributed by atoms with E-state index in [0.717, 1.165) is 30.6 Å². The van der Waals surface area contributed by atoms with E-state index in [1.807, 2.05) is 25.6 Å². The maximum Gasteiger partial charge on any atom is 0.191 e. The lowest BCUT2D eigenvalue weighted by Crippen LogP contribution is -2.43. The first-order valence-electron chi connectivity index (χ1n) is 6.43. The van der Waals surface area contributed by atoms with Crippen molar-refractivity contribution in [1.29, 1.82) is 0 Å². The first-order valence-corrected chi connectivity index (χ1v) is 7.66. The fourth-order valence-electron chi connectivity index (χ4n) is 1.63. The number of nitrogens with zero attached hydrogens (tertiary/aromatic N) is 1. The van der Waals surface area contributed by atoms with Gasteiger partial charge in [-0.05, 0) is 40.0 Å². The van der Waals surface area contributed by atoms with E-state index in [9.17, 15) is 0 Å². The summed E-state index contributed by atoms with van der Waals surface area (Å²) in [6.07, 6.45) is 2.12. The molecule has 0 aromatic carbocycles. The van der Waals surface area contributed by atoms with Gasteiger partial charge in [-0.25, -0.2) is 0 Å². The molecule has 0 radical (unpaired) electrons. The Bertz CT molecular complexity index is 444. The number of aryl methyl sites for hydroxylation is 2. The molecule has 2 N–H and O–H groups in total. The Balaban J connectivity index is 0.00000361. The van der Waals surface area contributed by atoms with Crippen LogP contribution in [0.1, 0.15) is 30.9 Å². The summed E-state index contributed by atoms with van der Waals surface area (Å²) in [6, 6.07) is 2.06. The lowest BCUT2D eigenvalue weighted by molar-refractivity contribution is 0.500. The van der Waals surface area contributed by atoms with Gasteiger partial charge in [-0.1, -0.05) is 0 Å². The minimum atomic E-state index is 0. The van der Waals surface area contributed by atoms with E-state index in [2.05, 4.69) is 41.8 Å². The Morgan fingerprint density at radius 3 is 2.45 bits per heavy atom. The highest BCUT2D eigenvalue weighted by Gasteiger charge is 2.16. The van der Waals surface area contributed by atoms with Crippen molar-refractivity contribution in [1.82, 2.24) is 10.6 Å². The van der Waals surface area contributed by atoms with Crippen LogP contribution in [0, 0.1) is 13.8 Å². The Hall–Kier alpha value is -0.370. The molecule has 0 amide bonds. The fourth-order valence-corrected chi connectivity index (χ4v) is 1.84. The van der Waals surface area contributed by atoms with Gasteiger partial charge in [-0.3, -0.25) is 4.99 Å². The molecule has 1 aromatic rings. The number of hydrogen-bond acceptors (Lipinski definition) is 3. The van der Waals surface area contributed by atoms with Gasteiger partial charge in [0.25, 0.3) is 0 Å². The number of rotatable bonds is 5. The molecule has 1 aromatic heterocycles. The van der Waals surface area contributed by atoms with E-state index >= 15 is 0 Å². The van der Waals surface area contributed by atoms with Gasteiger partial charge in [0.05, 0.1) is 0 Å². The van der Waals surface area contributed by atoms with E-state index in [0.29, 0.717) is 0 Å². The molecule has 1 heterocycles. The summed E-state index contributed by atoms with van der Waals surface area (Å²) in [5.74, 6) is 2.73. The molecule has 0 unspecified atom stereocenters. The van der Waals surface area contributed by atoms with Crippen molar-refractivity contribution in [3.8, 4) is 0 Å². The molecule has 0 aliphatic carbocycles. The predicted molar refractivity (Wildman–Crippen MR) is 99.4 cm³/mol. The molecular weight excluding hydrogens is 385 g/mol. The van der Waals surface area contributed by atoms with Gasteiger partial charge in [0.2, 0.25) is 0 Å². The number of nitrogens with one attached hydrogen (secondary N) is 2. The minimum absolute atomic E-state index is 0. The lowest BCUT2D eigenvalue weighted by atomic mass is 10.2. The van der Waals surface area contributed by atoms with E-state index in [1.54, 1.807) is 7.05 Å². The molecule has 0 aliphatic rings. The zero-order valence-electron chi connectivity index (χ0n) is 13.2. The summed E-state index contributed by atoms with van der Waals surface area (Å²) < 4.78 is 5.70. The van der Waals surface area contributed by atoms with Crippen molar-refractivity contribution < 1.29 is 4.42 Å². The number of thioether (sulfide) groups is 1. The molecule has 0 saturated heterocycles. The Kier molecular flexibility index (Phi) is 8.65. The van der Waals surface area contributed by atoms with Crippen molar-refractivity contribution in [2.75, 3.05) is 19.8 Å². The molecule has 20 heavy (non-hydrogen) atoms. The normalized spacial score (nSPS) is 12.0. The molecule has 0 spiro atoms. The van der Waals surface area contributed by atoms with Gasteiger partial charge < -0.3 is 15.1 Å². The number of furan rings is 1. The van der Waals surface area contributed by atoms with E-state index < -0.39 is 0 Å². The van der Waals surface area contributed by atoms with Crippen molar-refractivity contribution in [3.63, 3.8) is 0 Å². The van der Waals surface area contributed by atoms with Crippen LogP contribution in [0.4, 0.5) is 0 Å². The molecule has 4 nitrogen and oxygen atoms in total. The Labute approximate surface area is 143 Å². The summed E-state index contributed by atoms with van der Waals surface area (Å²) in [4.78, 5) is 4.23. The van der Waals surface area contributed by atoms with Crippen LogP contribution in [-0.2, 0) is 6.54 Å². The van der Waals surface area contributed by atoms with Gasteiger partial charge in [-0.15, -0.1) is 24.0 Å². The first kappa shape index (κ1) is 19.6. The highest BCUT2D eigenvalue weighted by atomic mass is 127. The van der Waals surface area contributed by atoms with E-state index in [4.69, 9.17) is 4.42 Å². The van der Waals surface area contributed by atoms with Gasteiger partial charge in [-0.2, -0.15) is 11.8 Å². The number of hydrogen-bond donors (Lipinski definition) is 2. The maximum absolute atomic E-state index is 5.51. The second-order valence-electron chi connectivity index (χ2n) is 5.18. The van der Waals surface area contributed by atoms with E-state index in [1.165, 1.54) is 5.56 Å². The average Bonchev–Trinajstić information content (AvgIpc) is 2.68. The Morgan fingerprint density at radius 1 is 1.35 bits per heavy atom. The predicted octanol–water partition coefficient (Wildman–Crippen LogP) is 3.32. The summed E-state index contributed by atoms with van der Waals surface area (Å²) in [5.41, 5.74) is 1.17. The minimum Gasteiger partial charge on any atom is -0.466 e. The summed E-state index contributed by atoms with van der Waals surface area (Å²) in [6.45, 7) is 9.96. The van der Waals surface area contributed by atoms with Gasteiger partial charge in [0, 0.05) is 30.4 Å². The molecule has 116 valence electrons. The zero-order valence-corrected chi connectivity index (χ0v) is 16.3. The van der Waals surface area contributed by atoms with Crippen molar-refractivity contribution in [2.45, 2.75) is 39.0 Å². The van der Waals surface area contributed by atoms with Gasteiger partial charge in [0.15, 0.2) is 5.96 Å². The second-order valence-corrected chi connectivity index (χ2v) is 6.70. The molecule has 0 atom stereocenters. The van der Waals surface area contributed by atoms with Crippen LogP contribution in [0.3, 0.4) is 0 Å². The maximum atomic E-state index is 5.51. The zero-order chi connectivity index (χ0) is 14.5. The SMILES string of the molecule is CN=C(NCc1cc(C)oc1C)NCC(C)(C)SC.I. The molecule has 6 heteroatoms. The van der Waals surface area contributed by atoms with Crippen molar-refractivity contribution in [3.05, 3.63) is 23.2 Å². The third-order valence-corrected chi connectivity index (χ3v) is 4.30. The number of aliphatic imine (C=N–C) groups is 1. The lowest BCUT2D eigenvalue weighted by Gasteiger charge is -2.23. The van der Waals surface area contributed by atoms with Crippen LogP contribution in [0.2, 0.25) is 0 Å². The van der Waals surface area contributed by atoms with Gasteiger partial charge in [0.1, 0.15) is 11.5 Å². The van der Waals surface area contributed by atoms with Crippen LogP contribution >= 0.6 is 35.7 Å². The van der Waals surface area contributed by atoms with E-state index in [-0.39, 0.29) is 28.7 Å². The summed E-state index contributed by atoms with van der Waals surface area (Å²) in [7, 11) is 1.79. The molecule has 1 rings (SSSR count). The third kappa shape index (κ3) is 6.39. The summed E-state index contributed by atoms with van der Waals surface area (Å²) >= 11 is 1.84. The van der Waals surface area contributed by atoms with Crippen molar-refractivity contribution >= 4 is 41.7 Å². The molecule has 0 saturated carbocycles. The monoisotopic (exact) mass is 411 g/mol. The third-order valence-electron chi connectivity index (χ3n) is 3.05. The standard InChI is InChI=1S/C14H25N3OS.HI/c1-10-7-12(11(2)18-10)8-16-13(15-5)17-9-14(3,4)19-6;/h7H,8-9H2,1-6H3,(H2,15,16,17);1H. The second kappa shape index (κ2) is 8.81. The number of guanidine groups is 1. The van der Waals surface area contributed by atoms with Crippen LogP contribution in [-0.4, -0.2) is 30.6 Å². The van der Waals surface area contributed by atoms with Crippen LogP contribution in [0.15, 0.2) is 15.5 Å². The first-order chi connectivity index (χ1) is 8.88. The van der Waals surface area contributed by atoms with Crippen molar-refractivity contribution in [2.24, 2.45) is 4.99 Å². The smallest absolute Gasteiger partial charge is 0.191 e. The molecule has 0 fully saturated rings. The average molecular weight is 411 g/mol. The Morgan fingerprint density at radius 2 is 2.00 bits per heavy atom. The largest absolute Gasteiger partial charge is 0.466 e. The van der Waals surface area contributed by atoms with Crippen LogP contribution in [0.5, 0.6) is 0 Å². The van der Waals surface area contributed by atoms with Crippen LogP contribution < -0.4 is 10.6 Å². The van der Waals surface area contributed by atoms with Crippen LogP contribution in [0.25, 0.3) is 0 Å². The van der Waals surface area contributed by atoms with Gasteiger partial charge >= 0.3 is 0 Å². The molecule has 0 bridgehead atoms. The quantitative estimate of drug-likeness (QED) is 0.444. The fraction of sp³-hybridized carbons (Fsp3) is 0.643. The molecular formula is C14H26IN3OS. The summed E-state index contributed by atoms with van der Waals surface area (Å²) in [5, 5.41) is 6.65. The molecule has 0 aliphatic heterocycles. The topological polar surface area (TPSA) is 49.6 Å². The number of halogens is 1.